The number of aromatic nitrogens is 3. The second-order valence-corrected chi connectivity index (χ2v) is 21.5. The number of hydrogen-bond acceptors (Lipinski definition) is 8. The minimum atomic E-state index is -4.19. The first-order valence-electron chi connectivity index (χ1n) is 19.2. The first kappa shape index (κ1) is 38.9. The smallest absolute Gasteiger partial charge is 0.307 e. The van der Waals surface area contributed by atoms with Gasteiger partial charge < -0.3 is 20.3 Å². The Morgan fingerprint density at radius 1 is 1.10 bits per heavy atom. The van der Waals surface area contributed by atoms with Crippen LogP contribution in [0, 0.1) is 62.1 Å². The number of hydrogen-bond donors (Lipinski definition) is 3. The van der Waals surface area contributed by atoms with Crippen LogP contribution in [0.5, 0.6) is 0 Å². The molecule has 2 bridgehead atoms. The molecule has 1 aliphatic heterocycles. The summed E-state index contributed by atoms with van der Waals surface area (Å²) in [5.41, 5.74) is 5.40. The molecule has 0 aromatic carbocycles. The molecule has 11 nitrogen and oxygen atoms in total. The number of nitrogens with zero attached hydrogens (tertiary/aromatic N) is 3. The molecule has 0 radical (unpaired) electrons. The summed E-state index contributed by atoms with van der Waals surface area (Å²) in [7, 11) is -4.19. The van der Waals surface area contributed by atoms with Gasteiger partial charge in [-0.25, -0.2) is 13.6 Å². The van der Waals surface area contributed by atoms with Crippen molar-refractivity contribution in [3.05, 3.63) is 18.0 Å². The maximum atomic E-state index is 13.5. The lowest BCUT2D eigenvalue weighted by Gasteiger charge is -2.71. The lowest BCUT2D eigenvalue weighted by Crippen LogP contribution is -2.69. The average Bonchev–Trinajstić information content (AvgIpc) is 3.50. The number of allylic oxidation sites excluding steroid dienone is 1. The molecule has 4 fully saturated rings. The zero-order valence-corrected chi connectivity index (χ0v) is 33.8. The van der Waals surface area contributed by atoms with Crippen molar-refractivity contribution < 1.29 is 27.8 Å². The van der Waals surface area contributed by atoms with Crippen molar-refractivity contribution in [1.82, 2.24) is 14.8 Å². The molecular weight excluding hydrogens is 667 g/mol. The Labute approximate surface area is 306 Å². The zero-order chi connectivity index (χ0) is 38.0. The molecule has 1 aromatic heterocycles. The molecule has 4 aliphatic carbocycles. The summed E-state index contributed by atoms with van der Waals surface area (Å²) in [4.78, 5) is 13.5. The van der Waals surface area contributed by atoms with Crippen LogP contribution >= 0.6 is 0 Å². The van der Waals surface area contributed by atoms with Gasteiger partial charge in [0, 0.05) is 16.4 Å². The van der Waals surface area contributed by atoms with Gasteiger partial charge in [0.25, 0.3) is 15.2 Å². The topological polar surface area (TPSA) is 173 Å². The van der Waals surface area contributed by atoms with Gasteiger partial charge in [-0.15, -0.1) is 10.2 Å². The fourth-order valence-corrected chi connectivity index (χ4v) is 12.9. The van der Waals surface area contributed by atoms with E-state index in [9.17, 15) is 18.3 Å². The van der Waals surface area contributed by atoms with E-state index in [-0.39, 0.29) is 45.8 Å². The van der Waals surface area contributed by atoms with Gasteiger partial charge in [-0.05, 0) is 90.8 Å². The Bertz CT molecular complexity index is 1680. The minimum absolute atomic E-state index is 0.171. The van der Waals surface area contributed by atoms with Crippen molar-refractivity contribution in [2.24, 2.45) is 73.0 Å². The Kier molecular flexibility index (Phi) is 9.20. The summed E-state index contributed by atoms with van der Waals surface area (Å²) in [6.45, 7) is 25.3. The predicted molar refractivity (Wildman–Crippen MR) is 196 cm³/mol. The highest BCUT2D eigenvalue weighted by Crippen LogP contribution is 2.75. The number of carbonyl (C=O) groups is 1. The van der Waals surface area contributed by atoms with E-state index in [1.165, 1.54) is 11.9 Å². The van der Waals surface area contributed by atoms with E-state index in [1.54, 1.807) is 4.57 Å². The van der Waals surface area contributed by atoms with E-state index in [2.05, 4.69) is 85.5 Å². The van der Waals surface area contributed by atoms with E-state index in [0.29, 0.717) is 32.0 Å². The van der Waals surface area contributed by atoms with Gasteiger partial charge in [-0.2, -0.15) is 0 Å². The molecule has 12 atom stereocenters. The summed E-state index contributed by atoms with van der Waals surface area (Å²) < 4.78 is 41.1. The molecule has 5 N–H and O–H groups in total. The lowest BCUT2D eigenvalue weighted by atomic mass is 9.34. The molecular formula is C39H65N5O6S. The standard InChI is InChI=1S/C39H65N5O6S/c1-23(2)24(3)34(7)16-17-36(9)25-12-13-28-35(8)19-49-21-39(28,26(25)14-15-37(36,10)29(34)31(45)46)18-27(44-22-42-43-32(44)51(41,47)48)30(35)50-20-38(11,40)33(4,5)6/h14,22-25,27-30H,12-13,15-21,40H2,1-11H3,(H,45,46)(H2,41,47,48)/t24-,25+,27-,28+,29-,30+,34-,35?,36-,37+,38+,39+/m1/s1. The van der Waals surface area contributed by atoms with E-state index >= 15 is 0 Å². The van der Waals surface area contributed by atoms with Crippen LogP contribution in [0.2, 0.25) is 0 Å². The summed E-state index contributed by atoms with van der Waals surface area (Å²) in [6, 6.07) is -0.455. The monoisotopic (exact) mass is 731 g/mol. The first-order chi connectivity index (χ1) is 23.3. The second-order valence-electron chi connectivity index (χ2n) is 20.1. The van der Waals surface area contributed by atoms with E-state index < -0.39 is 55.8 Å². The SMILES string of the molecule is CC(C)[C@@H](C)[C@@]1(C)CC[C@]2(C)[C@H]3CC[C@H]4C5(C)COC[C@@]4(C[C@@H](n4cnnc4S(N)(=O)=O)[C@@H]5OC[C@](C)(N)C(C)(C)C)C3=CC[C@@]2(C)[C@@H]1C(=O)O. The van der Waals surface area contributed by atoms with E-state index in [1.807, 2.05) is 6.92 Å². The highest BCUT2D eigenvalue weighted by atomic mass is 32.2. The second kappa shape index (κ2) is 12.1. The molecule has 1 saturated heterocycles. The maximum absolute atomic E-state index is 13.5. The predicted octanol–water partition coefficient (Wildman–Crippen LogP) is 6.20. The fourth-order valence-electron chi connectivity index (χ4n) is 12.3. The van der Waals surface area contributed by atoms with Crippen LogP contribution in [-0.2, 0) is 24.3 Å². The lowest BCUT2D eigenvalue weighted by molar-refractivity contribution is -0.253. The number of rotatable bonds is 8. The highest BCUT2D eigenvalue weighted by molar-refractivity contribution is 7.89. The van der Waals surface area contributed by atoms with Crippen LogP contribution in [0.3, 0.4) is 0 Å². The number of carboxylic acid groups (broad SMARTS) is 1. The van der Waals surface area contributed by atoms with Crippen molar-refractivity contribution in [1.29, 1.82) is 0 Å². The summed E-state index contributed by atoms with van der Waals surface area (Å²) in [5.74, 6) is -0.160. The molecule has 5 aliphatic rings. The average molecular weight is 732 g/mol. The van der Waals surface area contributed by atoms with Crippen molar-refractivity contribution in [3.63, 3.8) is 0 Å². The zero-order valence-electron chi connectivity index (χ0n) is 33.0. The van der Waals surface area contributed by atoms with Crippen LogP contribution in [0.4, 0.5) is 0 Å². The molecule has 3 saturated carbocycles. The minimum Gasteiger partial charge on any atom is -0.481 e. The van der Waals surface area contributed by atoms with Crippen LogP contribution in [0.25, 0.3) is 0 Å². The van der Waals surface area contributed by atoms with Gasteiger partial charge >= 0.3 is 5.97 Å². The van der Waals surface area contributed by atoms with Crippen molar-refractivity contribution in [2.45, 2.75) is 138 Å². The fraction of sp³-hybridized carbons (Fsp3) is 0.872. The third kappa shape index (κ3) is 5.45. The van der Waals surface area contributed by atoms with Crippen molar-refractivity contribution in [3.8, 4) is 0 Å². The van der Waals surface area contributed by atoms with Crippen LogP contribution in [0.15, 0.2) is 23.1 Å². The Hall–Kier alpha value is -1.86. The van der Waals surface area contributed by atoms with Gasteiger partial charge in [0.15, 0.2) is 0 Å². The Morgan fingerprint density at radius 3 is 2.35 bits per heavy atom. The van der Waals surface area contributed by atoms with Crippen LogP contribution in [-0.4, -0.2) is 65.7 Å². The number of primary sulfonamides is 1. The van der Waals surface area contributed by atoms with Gasteiger partial charge in [-0.1, -0.05) is 80.9 Å². The molecule has 2 heterocycles. The Morgan fingerprint density at radius 2 is 1.76 bits per heavy atom. The van der Waals surface area contributed by atoms with E-state index in [0.717, 1.165) is 25.7 Å². The summed E-state index contributed by atoms with van der Waals surface area (Å²) in [6.07, 6.45) is 8.40. The molecule has 1 aromatic rings. The number of carboxylic acids is 1. The summed E-state index contributed by atoms with van der Waals surface area (Å²) in [5, 5.41) is 24.6. The van der Waals surface area contributed by atoms with Gasteiger partial charge in [-0.3, -0.25) is 9.36 Å². The number of fused-ring (bicyclic) bond motifs is 3. The maximum Gasteiger partial charge on any atom is 0.307 e. The largest absolute Gasteiger partial charge is 0.481 e. The Balaban J connectivity index is 1.49. The third-order valence-electron chi connectivity index (χ3n) is 16.5. The first-order valence-corrected chi connectivity index (χ1v) is 20.7. The van der Waals surface area contributed by atoms with Crippen molar-refractivity contribution >= 4 is 16.0 Å². The van der Waals surface area contributed by atoms with E-state index in [4.69, 9.17) is 20.3 Å². The number of nitrogens with two attached hydrogens (primary N) is 2. The van der Waals surface area contributed by atoms with Gasteiger partial charge in [0.1, 0.15) is 6.33 Å². The number of ether oxygens (including phenoxy) is 2. The van der Waals surface area contributed by atoms with Crippen molar-refractivity contribution in [2.75, 3.05) is 19.8 Å². The third-order valence-corrected chi connectivity index (χ3v) is 17.3. The molecule has 6 rings (SSSR count). The van der Waals surface area contributed by atoms with Crippen LogP contribution in [0.1, 0.15) is 121 Å². The molecule has 288 valence electrons. The summed E-state index contributed by atoms with van der Waals surface area (Å²) >= 11 is 0. The molecule has 12 heteroatoms. The highest BCUT2D eigenvalue weighted by Gasteiger charge is 2.72. The molecule has 0 amide bonds. The van der Waals surface area contributed by atoms with Crippen LogP contribution < -0.4 is 10.9 Å². The normalized spacial score (nSPS) is 42.9. The van der Waals surface area contributed by atoms with Gasteiger partial charge in [0.05, 0.1) is 37.9 Å². The number of sulfonamides is 1. The molecule has 51 heavy (non-hydrogen) atoms. The molecule has 0 spiro atoms. The van der Waals surface area contributed by atoms with Gasteiger partial charge in [0.2, 0.25) is 0 Å². The number of aliphatic carboxylic acids is 1. The molecule has 1 unspecified atom stereocenters. The quantitative estimate of drug-likeness (QED) is 0.263.